The molecule has 4 nitrogen and oxygen atoms in total. The van der Waals surface area contributed by atoms with Gasteiger partial charge in [-0.25, -0.2) is 0 Å². The monoisotopic (exact) mass is 246 g/mol. The SMILES string of the molecule is CC(C)(C)OC(=O)Cc1ccc(NCC#N)cc1. The summed E-state index contributed by atoms with van der Waals surface area (Å²) in [5.41, 5.74) is 1.31. The zero-order chi connectivity index (χ0) is 13.6. The lowest BCUT2D eigenvalue weighted by Crippen LogP contribution is -2.24. The van der Waals surface area contributed by atoms with E-state index >= 15 is 0 Å². The van der Waals surface area contributed by atoms with Crippen molar-refractivity contribution in [1.82, 2.24) is 0 Å². The molecular weight excluding hydrogens is 228 g/mol. The minimum atomic E-state index is -0.453. The number of nitriles is 1. The lowest BCUT2D eigenvalue weighted by Gasteiger charge is -2.19. The van der Waals surface area contributed by atoms with Crippen LogP contribution in [0.3, 0.4) is 0 Å². The van der Waals surface area contributed by atoms with Gasteiger partial charge in [-0.3, -0.25) is 4.79 Å². The third-order valence-corrected chi connectivity index (χ3v) is 2.09. The summed E-state index contributed by atoms with van der Waals surface area (Å²) in [4.78, 5) is 11.6. The molecule has 0 saturated carbocycles. The predicted octanol–water partition coefficient (Wildman–Crippen LogP) is 2.51. The first-order valence-electron chi connectivity index (χ1n) is 5.82. The highest BCUT2D eigenvalue weighted by Gasteiger charge is 2.16. The number of rotatable bonds is 4. The number of nitrogens with zero attached hydrogens (tertiary/aromatic N) is 1. The van der Waals surface area contributed by atoms with Gasteiger partial charge >= 0.3 is 5.97 Å². The average molecular weight is 246 g/mol. The van der Waals surface area contributed by atoms with Crippen LogP contribution in [0.15, 0.2) is 24.3 Å². The van der Waals surface area contributed by atoms with Crippen molar-refractivity contribution in [3.63, 3.8) is 0 Å². The highest BCUT2D eigenvalue weighted by Crippen LogP contribution is 2.12. The van der Waals surface area contributed by atoms with Crippen molar-refractivity contribution in [2.45, 2.75) is 32.8 Å². The van der Waals surface area contributed by atoms with Gasteiger partial charge in [-0.1, -0.05) is 12.1 Å². The molecule has 0 atom stereocenters. The molecule has 96 valence electrons. The van der Waals surface area contributed by atoms with E-state index in [4.69, 9.17) is 10.00 Å². The van der Waals surface area contributed by atoms with E-state index in [1.54, 1.807) is 0 Å². The van der Waals surface area contributed by atoms with Crippen molar-refractivity contribution in [3.8, 4) is 6.07 Å². The third kappa shape index (κ3) is 5.35. The Kier molecular flexibility index (Phi) is 4.73. The predicted molar refractivity (Wildman–Crippen MR) is 70.1 cm³/mol. The molecule has 1 N–H and O–H groups in total. The van der Waals surface area contributed by atoms with Crippen LogP contribution in [-0.4, -0.2) is 18.1 Å². The Bertz CT molecular complexity index is 438. The van der Waals surface area contributed by atoms with Crippen LogP contribution in [0.25, 0.3) is 0 Å². The molecule has 0 aliphatic rings. The number of ether oxygens (including phenoxy) is 1. The number of carbonyl (C=O) groups is 1. The highest BCUT2D eigenvalue weighted by atomic mass is 16.6. The Balaban J connectivity index is 2.54. The average Bonchev–Trinajstić information content (AvgIpc) is 2.25. The smallest absolute Gasteiger partial charge is 0.310 e. The van der Waals surface area contributed by atoms with Gasteiger partial charge in [-0.2, -0.15) is 5.26 Å². The van der Waals surface area contributed by atoms with Gasteiger partial charge in [-0.05, 0) is 38.5 Å². The summed E-state index contributed by atoms with van der Waals surface area (Å²) < 4.78 is 5.24. The van der Waals surface area contributed by atoms with Crippen molar-refractivity contribution in [2.24, 2.45) is 0 Å². The van der Waals surface area contributed by atoms with Gasteiger partial charge in [-0.15, -0.1) is 0 Å². The molecule has 18 heavy (non-hydrogen) atoms. The maximum absolute atomic E-state index is 11.6. The van der Waals surface area contributed by atoms with E-state index in [0.29, 0.717) is 0 Å². The molecule has 0 amide bonds. The maximum Gasteiger partial charge on any atom is 0.310 e. The highest BCUT2D eigenvalue weighted by molar-refractivity contribution is 5.73. The summed E-state index contributed by atoms with van der Waals surface area (Å²) in [6, 6.07) is 9.39. The van der Waals surface area contributed by atoms with Crippen molar-refractivity contribution >= 4 is 11.7 Å². The minimum Gasteiger partial charge on any atom is -0.460 e. The summed E-state index contributed by atoms with van der Waals surface area (Å²) in [6.45, 7) is 5.81. The number of hydrogen-bond donors (Lipinski definition) is 1. The first kappa shape index (κ1) is 14.0. The Morgan fingerprint density at radius 3 is 2.44 bits per heavy atom. The molecule has 0 bridgehead atoms. The lowest BCUT2D eigenvalue weighted by atomic mass is 10.1. The van der Waals surface area contributed by atoms with Gasteiger partial charge in [0.1, 0.15) is 12.1 Å². The van der Waals surface area contributed by atoms with Crippen molar-refractivity contribution in [3.05, 3.63) is 29.8 Å². The molecule has 0 radical (unpaired) electrons. The molecule has 0 aliphatic carbocycles. The molecule has 1 aromatic carbocycles. The van der Waals surface area contributed by atoms with E-state index in [0.717, 1.165) is 11.3 Å². The van der Waals surface area contributed by atoms with Gasteiger partial charge in [0.2, 0.25) is 0 Å². The number of nitrogens with one attached hydrogen (secondary N) is 1. The maximum atomic E-state index is 11.6. The van der Waals surface area contributed by atoms with Crippen LogP contribution in [-0.2, 0) is 16.0 Å². The second-order valence-corrected chi connectivity index (χ2v) is 4.97. The molecule has 0 spiro atoms. The lowest BCUT2D eigenvalue weighted by molar-refractivity contribution is -0.153. The second-order valence-electron chi connectivity index (χ2n) is 4.97. The molecule has 4 heteroatoms. The number of carbonyl (C=O) groups excluding carboxylic acids is 1. The van der Waals surface area contributed by atoms with Crippen LogP contribution in [0, 0.1) is 11.3 Å². The van der Waals surface area contributed by atoms with Gasteiger partial charge in [0.15, 0.2) is 0 Å². The molecule has 1 rings (SSSR count). The second kappa shape index (κ2) is 6.06. The normalized spacial score (nSPS) is 10.6. The first-order chi connectivity index (χ1) is 8.40. The van der Waals surface area contributed by atoms with Crippen LogP contribution in [0.2, 0.25) is 0 Å². The molecule has 0 aromatic heterocycles. The molecule has 0 saturated heterocycles. The summed E-state index contributed by atoms with van der Waals surface area (Å²) in [6.07, 6.45) is 0.260. The molecule has 0 aliphatic heterocycles. The van der Waals surface area contributed by atoms with Crippen molar-refractivity contribution in [1.29, 1.82) is 5.26 Å². The number of hydrogen-bond acceptors (Lipinski definition) is 4. The standard InChI is InChI=1S/C14H18N2O2/c1-14(2,3)18-13(17)10-11-4-6-12(7-5-11)16-9-8-15/h4-7,16H,9-10H2,1-3H3. The molecule has 0 heterocycles. The van der Waals surface area contributed by atoms with E-state index in [1.165, 1.54) is 0 Å². The topological polar surface area (TPSA) is 62.1 Å². The zero-order valence-corrected chi connectivity index (χ0v) is 11.0. The fourth-order valence-electron chi connectivity index (χ4n) is 1.43. The molecule has 0 fully saturated rings. The van der Waals surface area contributed by atoms with E-state index in [1.807, 2.05) is 51.1 Å². The fourth-order valence-corrected chi connectivity index (χ4v) is 1.43. The van der Waals surface area contributed by atoms with Gasteiger partial charge < -0.3 is 10.1 Å². The number of benzene rings is 1. The van der Waals surface area contributed by atoms with E-state index in [9.17, 15) is 4.79 Å². The summed E-state index contributed by atoms with van der Waals surface area (Å²) in [5, 5.41) is 11.4. The largest absolute Gasteiger partial charge is 0.460 e. The van der Waals surface area contributed by atoms with E-state index < -0.39 is 5.60 Å². The number of anilines is 1. The van der Waals surface area contributed by atoms with Gasteiger partial charge in [0, 0.05) is 5.69 Å². The zero-order valence-electron chi connectivity index (χ0n) is 11.0. The summed E-state index contributed by atoms with van der Waals surface area (Å²) in [7, 11) is 0. The van der Waals surface area contributed by atoms with E-state index in [2.05, 4.69) is 5.32 Å². The fraction of sp³-hybridized carbons (Fsp3) is 0.429. The van der Waals surface area contributed by atoms with Crippen LogP contribution >= 0.6 is 0 Å². The van der Waals surface area contributed by atoms with Crippen molar-refractivity contribution in [2.75, 3.05) is 11.9 Å². The Labute approximate surface area is 108 Å². The summed E-state index contributed by atoms with van der Waals surface area (Å²) >= 11 is 0. The van der Waals surface area contributed by atoms with Crippen LogP contribution < -0.4 is 5.32 Å². The third-order valence-electron chi connectivity index (χ3n) is 2.09. The van der Waals surface area contributed by atoms with Crippen LogP contribution in [0.1, 0.15) is 26.3 Å². The quantitative estimate of drug-likeness (QED) is 0.655. The Morgan fingerprint density at radius 1 is 1.33 bits per heavy atom. The Hall–Kier alpha value is -2.02. The Morgan fingerprint density at radius 2 is 1.94 bits per heavy atom. The van der Waals surface area contributed by atoms with Crippen LogP contribution in [0.4, 0.5) is 5.69 Å². The summed E-state index contributed by atoms with van der Waals surface area (Å²) in [5.74, 6) is -0.236. The van der Waals surface area contributed by atoms with Gasteiger partial charge in [0.25, 0.3) is 0 Å². The number of esters is 1. The molecule has 0 unspecified atom stereocenters. The van der Waals surface area contributed by atoms with E-state index in [-0.39, 0.29) is 18.9 Å². The van der Waals surface area contributed by atoms with Crippen molar-refractivity contribution < 1.29 is 9.53 Å². The first-order valence-corrected chi connectivity index (χ1v) is 5.82. The molecule has 1 aromatic rings. The van der Waals surface area contributed by atoms with Gasteiger partial charge in [0.05, 0.1) is 12.5 Å². The molecular formula is C14H18N2O2. The van der Waals surface area contributed by atoms with Crippen LogP contribution in [0.5, 0.6) is 0 Å². The minimum absolute atomic E-state index is 0.236.